The van der Waals surface area contributed by atoms with E-state index in [1.807, 2.05) is 0 Å². The smallest absolute Gasteiger partial charge is 0.00188 e. The van der Waals surface area contributed by atoms with Crippen LogP contribution in [0.3, 0.4) is 0 Å². The van der Waals surface area contributed by atoms with Gasteiger partial charge in [-0.2, -0.15) is 0 Å². The Morgan fingerprint density at radius 1 is 1.12 bits per heavy atom. The average Bonchev–Trinajstić information content (AvgIpc) is 2.28. The summed E-state index contributed by atoms with van der Waals surface area (Å²) in [5.74, 6) is 1.16. The van der Waals surface area contributed by atoms with Gasteiger partial charge in [-0.3, -0.25) is 0 Å². The molecule has 0 amide bonds. The third-order valence-electron chi connectivity index (χ3n) is 3.13. The molecule has 0 heterocycles. The van der Waals surface area contributed by atoms with Gasteiger partial charge in [0.25, 0.3) is 0 Å². The largest absolute Gasteiger partial charge is 0.330 e. The molecule has 96 valence electrons. The summed E-state index contributed by atoms with van der Waals surface area (Å²) in [6.07, 6.45) is 1.08. The highest BCUT2D eigenvalue weighted by Crippen LogP contribution is 2.16. The van der Waals surface area contributed by atoms with Crippen molar-refractivity contribution in [2.45, 2.75) is 26.2 Å². The van der Waals surface area contributed by atoms with Crippen LogP contribution in [0, 0.1) is 5.92 Å². The number of nitrogens with zero attached hydrogens (tertiary/aromatic N) is 1. The van der Waals surface area contributed by atoms with Gasteiger partial charge in [0.1, 0.15) is 0 Å². The first-order valence-electron chi connectivity index (χ1n) is 6.46. The molecular weight excluding hydrogens is 208 g/mol. The fourth-order valence-electron chi connectivity index (χ4n) is 2.11. The average molecular weight is 234 g/mol. The SMILES string of the molecule is CC(C)c1ccc(CC(CN)CN(C)C)cc1. The van der Waals surface area contributed by atoms with E-state index in [2.05, 4.69) is 57.1 Å². The van der Waals surface area contributed by atoms with Gasteiger partial charge in [0.2, 0.25) is 0 Å². The van der Waals surface area contributed by atoms with E-state index in [9.17, 15) is 0 Å². The van der Waals surface area contributed by atoms with Gasteiger partial charge in [-0.05, 0) is 50.0 Å². The summed E-state index contributed by atoms with van der Waals surface area (Å²) in [7, 11) is 4.20. The van der Waals surface area contributed by atoms with Crippen LogP contribution in [0.5, 0.6) is 0 Å². The molecule has 1 aromatic rings. The molecule has 0 spiro atoms. The molecule has 0 fully saturated rings. The van der Waals surface area contributed by atoms with Gasteiger partial charge in [-0.1, -0.05) is 38.1 Å². The Morgan fingerprint density at radius 3 is 2.12 bits per heavy atom. The van der Waals surface area contributed by atoms with Gasteiger partial charge in [0, 0.05) is 6.54 Å². The van der Waals surface area contributed by atoms with E-state index in [1.165, 1.54) is 11.1 Å². The highest BCUT2D eigenvalue weighted by atomic mass is 15.1. The van der Waals surface area contributed by atoms with Crippen molar-refractivity contribution >= 4 is 0 Å². The lowest BCUT2D eigenvalue weighted by molar-refractivity contribution is 0.327. The predicted octanol–water partition coefficient (Wildman–Crippen LogP) is 2.49. The quantitative estimate of drug-likeness (QED) is 0.819. The summed E-state index contributed by atoms with van der Waals surface area (Å²) < 4.78 is 0. The van der Waals surface area contributed by atoms with Crippen LogP contribution in [0.4, 0.5) is 0 Å². The molecule has 0 radical (unpaired) electrons. The van der Waals surface area contributed by atoms with Crippen LogP contribution in [-0.4, -0.2) is 32.1 Å². The Bertz CT molecular complexity index is 314. The second-order valence-electron chi connectivity index (χ2n) is 5.46. The maximum absolute atomic E-state index is 5.82. The predicted molar refractivity (Wildman–Crippen MR) is 75.3 cm³/mol. The van der Waals surface area contributed by atoms with Crippen LogP contribution in [0.15, 0.2) is 24.3 Å². The van der Waals surface area contributed by atoms with Crippen molar-refractivity contribution < 1.29 is 0 Å². The Kier molecular flexibility index (Phi) is 5.66. The lowest BCUT2D eigenvalue weighted by Gasteiger charge is -2.19. The van der Waals surface area contributed by atoms with Crippen molar-refractivity contribution in [1.82, 2.24) is 4.90 Å². The molecule has 2 N–H and O–H groups in total. The number of nitrogens with two attached hydrogens (primary N) is 1. The van der Waals surface area contributed by atoms with E-state index >= 15 is 0 Å². The fourth-order valence-corrected chi connectivity index (χ4v) is 2.11. The first-order chi connectivity index (χ1) is 8.02. The summed E-state index contributed by atoms with van der Waals surface area (Å²) in [6.45, 7) is 6.26. The maximum atomic E-state index is 5.82. The topological polar surface area (TPSA) is 29.3 Å². The normalized spacial score (nSPS) is 13.4. The van der Waals surface area contributed by atoms with Crippen molar-refractivity contribution in [3.05, 3.63) is 35.4 Å². The molecule has 0 aliphatic carbocycles. The number of rotatable bonds is 6. The molecule has 2 heteroatoms. The summed E-state index contributed by atoms with van der Waals surface area (Å²) in [4.78, 5) is 2.21. The van der Waals surface area contributed by atoms with Crippen LogP contribution in [0.25, 0.3) is 0 Å². The molecule has 1 rings (SSSR count). The molecule has 1 atom stereocenters. The third-order valence-corrected chi connectivity index (χ3v) is 3.13. The first kappa shape index (κ1) is 14.2. The van der Waals surface area contributed by atoms with Crippen molar-refractivity contribution in [2.24, 2.45) is 11.7 Å². The molecular formula is C15H26N2. The van der Waals surface area contributed by atoms with E-state index in [0.717, 1.165) is 19.5 Å². The van der Waals surface area contributed by atoms with E-state index in [0.29, 0.717) is 11.8 Å². The molecule has 1 unspecified atom stereocenters. The van der Waals surface area contributed by atoms with Crippen LogP contribution in [0.1, 0.15) is 30.9 Å². The first-order valence-corrected chi connectivity index (χ1v) is 6.46. The molecule has 1 aromatic carbocycles. The van der Waals surface area contributed by atoms with Crippen LogP contribution in [-0.2, 0) is 6.42 Å². The molecule has 17 heavy (non-hydrogen) atoms. The van der Waals surface area contributed by atoms with Gasteiger partial charge in [-0.15, -0.1) is 0 Å². The van der Waals surface area contributed by atoms with Crippen LogP contribution < -0.4 is 5.73 Å². The summed E-state index contributed by atoms with van der Waals surface area (Å²) >= 11 is 0. The number of hydrogen-bond acceptors (Lipinski definition) is 2. The van der Waals surface area contributed by atoms with Crippen molar-refractivity contribution in [3.63, 3.8) is 0 Å². The van der Waals surface area contributed by atoms with Crippen LogP contribution >= 0.6 is 0 Å². The lowest BCUT2D eigenvalue weighted by Crippen LogP contribution is -2.29. The highest BCUT2D eigenvalue weighted by molar-refractivity contribution is 5.25. The third kappa shape index (κ3) is 4.88. The second-order valence-corrected chi connectivity index (χ2v) is 5.46. The van der Waals surface area contributed by atoms with Crippen molar-refractivity contribution in [2.75, 3.05) is 27.2 Å². The minimum absolute atomic E-state index is 0.551. The van der Waals surface area contributed by atoms with Gasteiger partial charge >= 0.3 is 0 Å². The van der Waals surface area contributed by atoms with Gasteiger partial charge in [0.05, 0.1) is 0 Å². The Morgan fingerprint density at radius 2 is 1.71 bits per heavy atom. The molecule has 2 nitrogen and oxygen atoms in total. The van der Waals surface area contributed by atoms with E-state index in [-0.39, 0.29) is 0 Å². The van der Waals surface area contributed by atoms with Gasteiger partial charge in [0.15, 0.2) is 0 Å². The minimum Gasteiger partial charge on any atom is -0.330 e. The summed E-state index contributed by atoms with van der Waals surface area (Å²) in [5, 5.41) is 0. The number of benzene rings is 1. The summed E-state index contributed by atoms with van der Waals surface area (Å²) in [5.41, 5.74) is 8.62. The van der Waals surface area contributed by atoms with E-state index in [4.69, 9.17) is 5.73 Å². The highest BCUT2D eigenvalue weighted by Gasteiger charge is 2.09. The van der Waals surface area contributed by atoms with Crippen molar-refractivity contribution in [1.29, 1.82) is 0 Å². The maximum Gasteiger partial charge on any atom is 0.00188 e. The lowest BCUT2D eigenvalue weighted by atomic mass is 9.96. The van der Waals surface area contributed by atoms with E-state index < -0.39 is 0 Å². The second kappa shape index (κ2) is 6.77. The molecule has 0 saturated heterocycles. The van der Waals surface area contributed by atoms with Crippen LogP contribution in [0.2, 0.25) is 0 Å². The molecule has 0 aliphatic rings. The molecule has 0 aliphatic heterocycles. The fraction of sp³-hybridized carbons (Fsp3) is 0.600. The monoisotopic (exact) mass is 234 g/mol. The zero-order valence-electron chi connectivity index (χ0n) is 11.6. The molecule has 0 bridgehead atoms. The van der Waals surface area contributed by atoms with Gasteiger partial charge in [-0.25, -0.2) is 0 Å². The standard InChI is InChI=1S/C15H26N2/c1-12(2)15-7-5-13(6-8-15)9-14(10-16)11-17(3)4/h5-8,12,14H,9-11,16H2,1-4H3. The minimum atomic E-state index is 0.551. The molecule has 0 saturated carbocycles. The van der Waals surface area contributed by atoms with E-state index in [1.54, 1.807) is 0 Å². The van der Waals surface area contributed by atoms with Gasteiger partial charge < -0.3 is 10.6 Å². The Balaban J connectivity index is 2.61. The Labute approximate surface area is 106 Å². The zero-order chi connectivity index (χ0) is 12.8. The zero-order valence-corrected chi connectivity index (χ0v) is 11.6. The number of hydrogen-bond donors (Lipinski definition) is 1. The summed E-state index contributed by atoms with van der Waals surface area (Å²) in [6, 6.07) is 8.97. The Hall–Kier alpha value is -0.860. The van der Waals surface area contributed by atoms with Crippen molar-refractivity contribution in [3.8, 4) is 0 Å². The molecule has 0 aromatic heterocycles.